The second kappa shape index (κ2) is 9.14. The second-order valence-corrected chi connectivity index (χ2v) is 10.2. The van der Waals surface area contributed by atoms with Crippen LogP contribution in [0.1, 0.15) is 49.2 Å². The third kappa shape index (κ3) is 4.51. The summed E-state index contributed by atoms with van der Waals surface area (Å²) in [5.41, 5.74) is 5.12. The zero-order valence-electron chi connectivity index (χ0n) is 20.8. The molecule has 180 valence electrons. The van der Waals surface area contributed by atoms with Gasteiger partial charge in [0.25, 0.3) is 0 Å². The van der Waals surface area contributed by atoms with Gasteiger partial charge in [0.1, 0.15) is 18.1 Å². The molecular weight excluding hydrogens is 436 g/mol. The number of methoxy groups -OCH3 is 1. The van der Waals surface area contributed by atoms with Crippen molar-refractivity contribution in [1.29, 1.82) is 0 Å². The molecule has 4 aromatic rings. The quantitative estimate of drug-likeness (QED) is 0.375. The normalized spacial score (nSPS) is 15.7. The number of nitrogens with one attached hydrogen (secondary N) is 1. The molecule has 1 aromatic heterocycles. The zero-order valence-corrected chi connectivity index (χ0v) is 20.8. The molecule has 2 heterocycles. The van der Waals surface area contributed by atoms with Crippen LogP contribution in [0, 0.1) is 5.41 Å². The Morgan fingerprint density at radius 1 is 1.00 bits per heavy atom. The van der Waals surface area contributed by atoms with Crippen molar-refractivity contribution in [2.24, 2.45) is 5.41 Å². The summed E-state index contributed by atoms with van der Waals surface area (Å²) in [5, 5.41) is 1.16. The van der Waals surface area contributed by atoms with Crippen LogP contribution >= 0.6 is 0 Å². The van der Waals surface area contributed by atoms with Crippen molar-refractivity contribution in [3.05, 3.63) is 95.2 Å². The number of H-pyrrole nitrogens is 1. The van der Waals surface area contributed by atoms with Crippen LogP contribution < -0.4 is 9.47 Å². The summed E-state index contributed by atoms with van der Waals surface area (Å²) in [6.45, 7) is 7.14. The van der Waals surface area contributed by atoms with E-state index in [0.29, 0.717) is 13.2 Å². The van der Waals surface area contributed by atoms with E-state index in [-0.39, 0.29) is 11.9 Å². The van der Waals surface area contributed by atoms with Crippen LogP contribution in [0.3, 0.4) is 0 Å². The van der Waals surface area contributed by atoms with E-state index < -0.39 is 5.41 Å². The van der Waals surface area contributed by atoms with Crippen LogP contribution in [-0.4, -0.2) is 29.4 Å². The topological polar surface area (TPSA) is 54.6 Å². The average molecular weight is 469 g/mol. The lowest BCUT2D eigenvalue weighted by Gasteiger charge is -2.39. The van der Waals surface area contributed by atoms with Gasteiger partial charge in [0.2, 0.25) is 5.91 Å². The maximum atomic E-state index is 13.5. The van der Waals surface area contributed by atoms with Gasteiger partial charge < -0.3 is 19.4 Å². The van der Waals surface area contributed by atoms with Gasteiger partial charge in [-0.1, -0.05) is 63.2 Å². The Morgan fingerprint density at radius 2 is 1.71 bits per heavy atom. The molecule has 5 nitrogen and oxygen atoms in total. The number of hydrogen-bond acceptors (Lipinski definition) is 3. The molecule has 1 aliphatic heterocycles. The van der Waals surface area contributed by atoms with Gasteiger partial charge in [0, 0.05) is 28.6 Å². The Labute approximate surface area is 206 Å². The number of fused-ring (bicyclic) bond motifs is 3. The zero-order chi connectivity index (χ0) is 24.6. The summed E-state index contributed by atoms with van der Waals surface area (Å²) in [6, 6.07) is 24.2. The molecule has 0 saturated heterocycles. The number of ether oxygens (including phenoxy) is 2. The Morgan fingerprint density at radius 3 is 2.40 bits per heavy atom. The minimum atomic E-state index is -0.469. The highest BCUT2D eigenvalue weighted by Gasteiger charge is 2.38. The SMILES string of the molecule is COc1ccc2[nH]c3c(c2c1)CCN(C(=O)C(C)(C)C)C3c1ccc(OCc2ccccc2)cc1. The fourth-order valence-electron chi connectivity index (χ4n) is 4.88. The molecule has 0 saturated carbocycles. The fourth-order valence-corrected chi connectivity index (χ4v) is 4.88. The molecule has 0 spiro atoms. The van der Waals surface area contributed by atoms with E-state index in [0.717, 1.165) is 45.6 Å². The highest BCUT2D eigenvalue weighted by atomic mass is 16.5. The van der Waals surface area contributed by atoms with Crippen molar-refractivity contribution >= 4 is 16.8 Å². The molecule has 5 rings (SSSR count). The number of carbonyl (C=O) groups excluding carboxylic acids is 1. The third-order valence-electron chi connectivity index (χ3n) is 6.68. The van der Waals surface area contributed by atoms with E-state index in [4.69, 9.17) is 9.47 Å². The van der Waals surface area contributed by atoms with Crippen molar-refractivity contribution in [2.45, 2.75) is 39.8 Å². The van der Waals surface area contributed by atoms with Crippen molar-refractivity contribution in [1.82, 2.24) is 9.88 Å². The van der Waals surface area contributed by atoms with Crippen LogP contribution in [0.4, 0.5) is 0 Å². The number of rotatable bonds is 5. The molecule has 1 aliphatic rings. The van der Waals surface area contributed by atoms with Gasteiger partial charge >= 0.3 is 0 Å². The van der Waals surface area contributed by atoms with Crippen molar-refractivity contribution in [3.63, 3.8) is 0 Å². The first-order valence-electron chi connectivity index (χ1n) is 12.1. The molecule has 1 unspecified atom stereocenters. The predicted molar refractivity (Wildman–Crippen MR) is 139 cm³/mol. The van der Waals surface area contributed by atoms with E-state index in [1.807, 2.05) is 62.1 Å². The Bertz CT molecular complexity index is 1330. The van der Waals surface area contributed by atoms with Crippen molar-refractivity contribution in [3.8, 4) is 11.5 Å². The summed E-state index contributed by atoms with van der Waals surface area (Å²) in [6.07, 6.45) is 0.805. The van der Waals surface area contributed by atoms with E-state index in [2.05, 4.69) is 41.4 Å². The van der Waals surface area contributed by atoms with Crippen molar-refractivity contribution < 1.29 is 14.3 Å². The molecule has 1 amide bonds. The van der Waals surface area contributed by atoms with Gasteiger partial charge in [-0.05, 0) is 53.4 Å². The van der Waals surface area contributed by atoms with E-state index in [1.54, 1.807) is 7.11 Å². The number of aromatic nitrogens is 1. The molecule has 0 aliphatic carbocycles. The minimum Gasteiger partial charge on any atom is -0.497 e. The number of aromatic amines is 1. The number of amides is 1. The van der Waals surface area contributed by atoms with Crippen LogP contribution in [0.15, 0.2) is 72.8 Å². The summed E-state index contributed by atoms with van der Waals surface area (Å²) in [7, 11) is 1.69. The molecule has 5 heteroatoms. The van der Waals surface area contributed by atoms with Gasteiger partial charge in [-0.25, -0.2) is 0 Å². The standard InChI is InChI=1S/C30H32N2O3/c1-30(2,3)29(33)32-17-16-24-25-18-23(34-4)14-15-26(25)31-27(24)28(32)21-10-12-22(13-11-21)35-19-20-8-6-5-7-9-20/h5-15,18,28,31H,16-17,19H2,1-4H3. The van der Waals surface area contributed by atoms with E-state index >= 15 is 0 Å². The Balaban J connectivity index is 1.51. The lowest BCUT2D eigenvalue weighted by atomic mass is 9.88. The summed E-state index contributed by atoms with van der Waals surface area (Å²) in [4.78, 5) is 19.2. The van der Waals surface area contributed by atoms with Crippen LogP contribution in [0.25, 0.3) is 10.9 Å². The summed E-state index contributed by atoms with van der Waals surface area (Å²) < 4.78 is 11.5. The van der Waals surface area contributed by atoms with Crippen LogP contribution in [-0.2, 0) is 17.8 Å². The lowest BCUT2D eigenvalue weighted by molar-refractivity contribution is -0.141. The number of benzene rings is 3. The molecule has 0 radical (unpaired) electrons. The maximum absolute atomic E-state index is 13.5. The van der Waals surface area contributed by atoms with Gasteiger partial charge in [0.15, 0.2) is 0 Å². The molecule has 1 N–H and O–H groups in total. The number of hydrogen-bond donors (Lipinski definition) is 1. The largest absolute Gasteiger partial charge is 0.497 e. The first-order chi connectivity index (χ1) is 16.8. The molecule has 0 bridgehead atoms. The summed E-state index contributed by atoms with van der Waals surface area (Å²) in [5.74, 6) is 1.79. The van der Waals surface area contributed by atoms with Crippen LogP contribution in [0.2, 0.25) is 0 Å². The first-order valence-corrected chi connectivity index (χ1v) is 12.1. The van der Waals surface area contributed by atoms with E-state index in [9.17, 15) is 4.79 Å². The summed E-state index contributed by atoms with van der Waals surface area (Å²) >= 11 is 0. The third-order valence-corrected chi connectivity index (χ3v) is 6.68. The number of carbonyl (C=O) groups is 1. The van der Waals surface area contributed by atoms with Gasteiger partial charge in [-0.15, -0.1) is 0 Å². The average Bonchev–Trinajstić information content (AvgIpc) is 3.24. The van der Waals surface area contributed by atoms with Crippen molar-refractivity contribution in [2.75, 3.05) is 13.7 Å². The lowest BCUT2D eigenvalue weighted by Crippen LogP contribution is -2.45. The maximum Gasteiger partial charge on any atom is 0.228 e. The van der Waals surface area contributed by atoms with Gasteiger partial charge in [-0.2, -0.15) is 0 Å². The smallest absolute Gasteiger partial charge is 0.228 e. The monoisotopic (exact) mass is 468 g/mol. The molecule has 3 aromatic carbocycles. The number of nitrogens with zero attached hydrogens (tertiary/aromatic N) is 1. The molecule has 0 fully saturated rings. The Kier molecular flexibility index (Phi) is 6.01. The molecular formula is C30H32N2O3. The second-order valence-electron chi connectivity index (χ2n) is 10.2. The predicted octanol–water partition coefficient (Wildman–Crippen LogP) is 6.28. The molecule has 35 heavy (non-hydrogen) atoms. The highest BCUT2D eigenvalue weighted by molar-refractivity contribution is 5.88. The van der Waals surface area contributed by atoms with Crippen LogP contribution in [0.5, 0.6) is 11.5 Å². The van der Waals surface area contributed by atoms with E-state index in [1.165, 1.54) is 5.56 Å². The molecule has 1 atom stereocenters. The first kappa shape index (κ1) is 23.0. The minimum absolute atomic E-state index is 0.147. The fraction of sp³-hybridized carbons (Fsp3) is 0.300. The van der Waals surface area contributed by atoms with Gasteiger partial charge in [-0.3, -0.25) is 4.79 Å². The highest BCUT2D eigenvalue weighted by Crippen LogP contribution is 2.41. The Hall–Kier alpha value is -3.73. The van der Waals surface area contributed by atoms with Gasteiger partial charge in [0.05, 0.1) is 13.2 Å².